The summed E-state index contributed by atoms with van der Waals surface area (Å²) in [7, 11) is 0. The van der Waals surface area contributed by atoms with E-state index in [0.717, 1.165) is 18.2 Å². The van der Waals surface area contributed by atoms with Gasteiger partial charge < -0.3 is 15.5 Å². The summed E-state index contributed by atoms with van der Waals surface area (Å²) in [6.07, 6.45) is 1.65. The second-order valence-corrected chi connectivity index (χ2v) is 5.68. The maximum absolute atomic E-state index is 13.4. The van der Waals surface area contributed by atoms with Crippen LogP contribution in [-0.2, 0) is 11.3 Å². The monoisotopic (exact) mass is 299 g/mol. The van der Waals surface area contributed by atoms with Crippen molar-refractivity contribution in [3.8, 4) is 0 Å². The molecule has 3 N–H and O–H groups in total. The smallest absolute Gasteiger partial charge is 0.306 e. The lowest BCUT2D eigenvalue weighted by Crippen LogP contribution is -2.44. The zero-order chi connectivity index (χ0) is 15.5. The SMILES string of the molecule is O=C(O)C1CCC(O)(CNCc2cc(F)ccc2F)CC1. The summed E-state index contributed by atoms with van der Waals surface area (Å²) in [5, 5.41) is 22.2. The maximum Gasteiger partial charge on any atom is 0.306 e. The Bertz CT molecular complexity index is 514. The van der Waals surface area contributed by atoms with Gasteiger partial charge in [0.25, 0.3) is 0 Å². The highest BCUT2D eigenvalue weighted by molar-refractivity contribution is 5.70. The third-order valence-electron chi connectivity index (χ3n) is 4.04. The molecule has 0 radical (unpaired) electrons. The summed E-state index contributed by atoms with van der Waals surface area (Å²) in [5.74, 6) is -2.22. The van der Waals surface area contributed by atoms with Crippen LogP contribution in [0.4, 0.5) is 8.78 Å². The number of carboxylic acids is 1. The van der Waals surface area contributed by atoms with Gasteiger partial charge in [0.2, 0.25) is 0 Å². The number of halogens is 2. The first-order valence-electron chi connectivity index (χ1n) is 6.99. The Labute approximate surface area is 121 Å². The second-order valence-electron chi connectivity index (χ2n) is 5.68. The van der Waals surface area contributed by atoms with Crippen LogP contribution in [0, 0.1) is 17.6 Å². The molecule has 4 nitrogen and oxygen atoms in total. The fourth-order valence-corrected chi connectivity index (χ4v) is 2.69. The first-order valence-corrected chi connectivity index (χ1v) is 6.99. The van der Waals surface area contributed by atoms with Gasteiger partial charge in [0, 0.05) is 18.7 Å². The number of nitrogens with one attached hydrogen (secondary N) is 1. The predicted molar refractivity (Wildman–Crippen MR) is 72.6 cm³/mol. The predicted octanol–water partition coefficient (Wildman–Crippen LogP) is 2.06. The number of carbonyl (C=O) groups is 1. The van der Waals surface area contributed by atoms with Crippen LogP contribution in [0.2, 0.25) is 0 Å². The zero-order valence-corrected chi connectivity index (χ0v) is 11.6. The molecule has 1 saturated carbocycles. The minimum absolute atomic E-state index is 0.119. The van der Waals surface area contributed by atoms with Crippen LogP contribution in [-0.4, -0.2) is 28.3 Å². The van der Waals surface area contributed by atoms with E-state index in [2.05, 4.69) is 5.32 Å². The first-order chi connectivity index (χ1) is 9.89. The Hall–Kier alpha value is -1.53. The molecule has 0 bridgehead atoms. The molecular weight excluding hydrogens is 280 g/mol. The Morgan fingerprint density at radius 2 is 2.00 bits per heavy atom. The van der Waals surface area contributed by atoms with E-state index in [4.69, 9.17) is 5.11 Å². The van der Waals surface area contributed by atoms with Crippen molar-refractivity contribution in [2.75, 3.05) is 6.54 Å². The zero-order valence-electron chi connectivity index (χ0n) is 11.6. The summed E-state index contributed by atoms with van der Waals surface area (Å²) < 4.78 is 26.5. The van der Waals surface area contributed by atoms with Gasteiger partial charge in [0.1, 0.15) is 11.6 Å². The van der Waals surface area contributed by atoms with Gasteiger partial charge >= 0.3 is 5.97 Å². The Balaban J connectivity index is 1.83. The number of hydrogen-bond acceptors (Lipinski definition) is 3. The van der Waals surface area contributed by atoms with E-state index in [1.807, 2.05) is 0 Å². The van der Waals surface area contributed by atoms with Crippen molar-refractivity contribution in [3.63, 3.8) is 0 Å². The van der Waals surface area contributed by atoms with Gasteiger partial charge in [-0.1, -0.05) is 0 Å². The largest absolute Gasteiger partial charge is 0.481 e. The highest BCUT2D eigenvalue weighted by atomic mass is 19.1. The molecule has 1 fully saturated rings. The number of hydrogen-bond donors (Lipinski definition) is 3. The summed E-state index contributed by atoms with van der Waals surface area (Å²) in [4.78, 5) is 10.9. The molecule has 0 aliphatic heterocycles. The van der Waals surface area contributed by atoms with Crippen LogP contribution in [0.5, 0.6) is 0 Å². The summed E-state index contributed by atoms with van der Waals surface area (Å²) in [6, 6.07) is 3.24. The average Bonchev–Trinajstić information content (AvgIpc) is 2.43. The van der Waals surface area contributed by atoms with Crippen molar-refractivity contribution in [1.82, 2.24) is 5.32 Å². The standard InChI is InChI=1S/C15H19F2NO3/c16-12-1-2-13(17)11(7-12)8-18-9-15(21)5-3-10(4-6-15)14(19)20/h1-2,7,10,18,21H,3-6,8-9H2,(H,19,20). The number of aliphatic carboxylic acids is 1. The molecule has 0 unspecified atom stereocenters. The van der Waals surface area contributed by atoms with Crippen LogP contribution in [0.1, 0.15) is 31.2 Å². The van der Waals surface area contributed by atoms with Crippen molar-refractivity contribution in [2.45, 2.75) is 37.8 Å². The lowest BCUT2D eigenvalue weighted by Gasteiger charge is -2.34. The summed E-state index contributed by atoms with van der Waals surface area (Å²) >= 11 is 0. The summed E-state index contributed by atoms with van der Waals surface area (Å²) in [6.45, 7) is 0.351. The fraction of sp³-hybridized carbons (Fsp3) is 0.533. The fourth-order valence-electron chi connectivity index (χ4n) is 2.69. The molecule has 2 rings (SSSR count). The molecule has 6 heteroatoms. The van der Waals surface area contributed by atoms with Gasteiger partial charge in [0.15, 0.2) is 0 Å². The van der Waals surface area contributed by atoms with Crippen molar-refractivity contribution in [3.05, 3.63) is 35.4 Å². The Morgan fingerprint density at radius 3 is 2.62 bits per heavy atom. The number of aliphatic hydroxyl groups is 1. The van der Waals surface area contributed by atoms with Gasteiger partial charge in [-0.25, -0.2) is 8.78 Å². The van der Waals surface area contributed by atoms with E-state index >= 15 is 0 Å². The molecular formula is C15H19F2NO3. The van der Waals surface area contributed by atoms with Crippen LogP contribution in [0.3, 0.4) is 0 Å². The summed E-state index contributed by atoms with van der Waals surface area (Å²) in [5.41, 5.74) is -0.770. The molecule has 0 amide bonds. The van der Waals surface area contributed by atoms with Gasteiger partial charge in [-0.15, -0.1) is 0 Å². The molecule has 0 heterocycles. The molecule has 1 aromatic rings. The van der Waals surface area contributed by atoms with Gasteiger partial charge in [-0.2, -0.15) is 0 Å². The van der Waals surface area contributed by atoms with Crippen molar-refractivity contribution >= 4 is 5.97 Å². The molecule has 1 aliphatic rings. The van der Waals surface area contributed by atoms with Gasteiger partial charge in [0.05, 0.1) is 11.5 Å². The number of carboxylic acid groups (broad SMARTS) is 1. The highest BCUT2D eigenvalue weighted by Gasteiger charge is 2.35. The van der Waals surface area contributed by atoms with Crippen molar-refractivity contribution in [2.24, 2.45) is 5.92 Å². The van der Waals surface area contributed by atoms with Crippen LogP contribution >= 0.6 is 0 Å². The quantitative estimate of drug-likeness (QED) is 0.778. The molecule has 21 heavy (non-hydrogen) atoms. The van der Waals surface area contributed by atoms with Gasteiger partial charge in [-0.05, 0) is 43.9 Å². The topological polar surface area (TPSA) is 69.6 Å². The third-order valence-corrected chi connectivity index (χ3v) is 4.04. The van der Waals surface area contributed by atoms with E-state index in [9.17, 15) is 18.7 Å². The molecule has 0 aromatic heterocycles. The Morgan fingerprint density at radius 1 is 1.33 bits per heavy atom. The normalized spacial score (nSPS) is 25.8. The molecule has 0 atom stereocenters. The van der Waals surface area contributed by atoms with Gasteiger partial charge in [-0.3, -0.25) is 4.79 Å². The van der Waals surface area contributed by atoms with Crippen LogP contribution in [0.15, 0.2) is 18.2 Å². The van der Waals surface area contributed by atoms with Crippen molar-refractivity contribution in [1.29, 1.82) is 0 Å². The first kappa shape index (κ1) is 15.9. The molecule has 0 spiro atoms. The van der Waals surface area contributed by atoms with E-state index in [1.54, 1.807) is 0 Å². The van der Waals surface area contributed by atoms with Crippen molar-refractivity contribution < 1.29 is 23.8 Å². The minimum atomic E-state index is -0.976. The number of rotatable bonds is 5. The number of benzene rings is 1. The third kappa shape index (κ3) is 4.22. The van der Waals surface area contributed by atoms with E-state index in [1.165, 1.54) is 0 Å². The minimum Gasteiger partial charge on any atom is -0.481 e. The van der Waals surface area contributed by atoms with Crippen LogP contribution < -0.4 is 5.32 Å². The van der Waals surface area contributed by atoms with E-state index < -0.39 is 29.1 Å². The Kier molecular flexibility index (Phi) is 4.90. The molecule has 1 aromatic carbocycles. The molecule has 116 valence electrons. The highest BCUT2D eigenvalue weighted by Crippen LogP contribution is 2.31. The molecule has 1 aliphatic carbocycles. The second kappa shape index (κ2) is 6.49. The van der Waals surface area contributed by atoms with Crippen LogP contribution in [0.25, 0.3) is 0 Å². The molecule has 0 saturated heterocycles. The maximum atomic E-state index is 13.4. The lowest BCUT2D eigenvalue weighted by molar-refractivity contribution is -0.144. The lowest BCUT2D eigenvalue weighted by atomic mass is 9.79. The average molecular weight is 299 g/mol. The van der Waals surface area contributed by atoms with E-state index in [0.29, 0.717) is 25.7 Å². The van der Waals surface area contributed by atoms with E-state index in [-0.39, 0.29) is 18.7 Å².